The molecule has 2 fully saturated rings. The van der Waals surface area contributed by atoms with Crippen LogP contribution < -0.4 is 5.32 Å². The number of para-hydroxylation sites is 2. The van der Waals surface area contributed by atoms with Crippen LogP contribution in [-0.2, 0) is 11.2 Å². The average Bonchev–Trinajstić information content (AvgIpc) is 3.02. The number of hydrogen-bond acceptors (Lipinski definition) is 4. The number of imidazole rings is 1. The summed E-state index contributed by atoms with van der Waals surface area (Å²) in [5.74, 6) is 0.977. The molecule has 0 radical (unpaired) electrons. The van der Waals surface area contributed by atoms with Crippen molar-refractivity contribution in [3.05, 3.63) is 30.1 Å². The second-order valence-corrected chi connectivity index (χ2v) is 8.19. The molecule has 3 heterocycles. The van der Waals surface area contributed by atoms with Crippen LogP contribution in [0.5, 0.6) is 0 Å². The molecule has 7 heteroatoms. The number of H-pyrrole nitrogens is 1. The minimum Gasteiger partial charge on any atom is -0.375 e. The van der Waals surface area contributed by atoms with Gasteiger partial charge in [0.15, 0.2) is 0 Å². The van der Waals surface area contributed by atoms with Crippen molar-refractivity contribution in [1.82, 2.24) is 25.1 Å². The summed E-state index contributed by atoms with van der Waals surface area (Å²) < 4.78 is 6.02. The number of aromatic amines is 1. The Kier molecular flexibility index (Phi) is 7.00. The summed E-state index contributed by atoms with van der Waals surface area (Å²) in [4.78, 5) is 25.0. The number of carbonyl (C=O) groups is 1. The van der Waals surface area contributed by atoms with Gasteiger partial charge in [0.25, 0.3) is 0 Å². The van der Waals surface area contributed by atoms with Gasteiger partial charge in [-0.3, -0.25) is 0 Å². The third-order valence-electron chi connectivity index (χ3n) is 5.85. The number of aromatic nitrogens is 2. The molecule has 2 N–H and O–H groups in total. The molecule has 2 aliphatic heterocycles. The first kappa shape index (κ1) is 20.2. The predicted octanol–water partition coefficient (Wildman–Crippen LogP) is 2.78. The van der Waals surface area contributed by atoms with Crippen molar-refractivity contribution in [3.63, 3.8) is 0 Å². The molecule has 2 amide bonds. The van der Waals surface area contributed by atoms with E-state index in [1.807, 2.05) is 29.2 Å². The van der Waals surface area contributed by atoms with Crippen LogP contribution in [-0.4, -0.2) is 77.8 Å². The van der Waals surface area contributed by atoms with Gasteiger partial charge in [-0.25, -0.2) is 9.78 Å². The lowest BCUT2D eigenvalue weighted by molar-refractivity contribution is 0.0256. The molecule has 0 unspecified atom stereocenters. The van der Waals surface area contributed by atoms with Crippen LogP contribution in [0.1, 0.15) is 37.9 Å². The van der Waals surface area contributed by atoms with E-state index in [0.717, 1.165) is 68.9 Å². The number of piperidine rings is 1. The van der Waals surface area contributed by atoms with Crippen LogP contribution in [0.25, 0.3) is 11.0 Å². The Labute approximate surface area is 172 Å². The maximum atomic E-state index is 12.7. The van der Waals surface area contributed by atoms with Crippen LogP contribution in [0.15, 0.2) is 24.3 Å². The molecule has 0 bridgehead atoms. The van der Waals surface area contributed by atoms with E-state index in [2.05, 4.69) is 20.2 Å². The summed E-state index contributed by atoms with van der Waals surface area (Å²) in [6, 6.07) is 8.09. The largest absolute Gasteiger partial charge is 0.375 e. The molecule has 1 aromatic heterocycles. The lowest BCUT2D eigenvalue weighted by Crippen LogP contribution is -2.47. The molecular weight excluding hydrogens is 366 g/mol. The summed E-state index contributed by atoms with van der Waals surface area (Å²) >= 11 is 0. The number of ether oxygens (including phenoxy) is 1. The second-order valence-electron chi connectivity index (χ2n) is 8.19. The first-order valence-corrected chi connectivity index (χ1v) is 11.1. The number of amides is 2. The van der Waals surface area contributed by atoms with Crippen LogP contribution in [0.2, 0.25) is 0 Å². The van der Waals surface area contributed by atoms with Gasteiger partial charge in [0, 0.05) is 39.2 Å². The smallest absolute Gasteiger partial charge is 0.317 e. The number of aryl methyl sites for hydroxylation is 1. The third-order valence-corrected chi connectivity index (χ3v) is 5.85. The summed E-state index contributed by atoms with van der Waals surface area (Å²) in [5, 5.41) is 3.08. The molecule has 4 rings (SSSR count). The Morgan fingerprint density at radius 1 is 1.17 bits per heavy atom. The lowest BCUT2D eigenvalue weighted by atomic mass is 10.1. The number of rotatable bonds is 6. The Morgan fingerprint density at radius 2 is 2.03 bits per heavy atom. The van der Waals surface area contributed by atoms with Gasteiger partial charge >= 0.3 is 6.03 Å². The van der Waals surface area contributed by atoms with E-state index in [9.17, 15) is 4.79 Å². The minimum absolute atomic E-state index is 0.0313. The Morgan fingerprint density at radius 3 is 2.90 bits per heavy atom. The van der Waals surface area contributed by atoms with Gasteiger partial charge in [-0.05, 0) is 50.9 Å². The van der Waals surface area contributed by atoms with Gasteiger partial charge in [0.2, 0.25) is 0 Å². The minimum atomic E-state index is 0.0313. The number of carbonyl (C=O) groups excluding carboxylic acids is 1. The number of benzene rings is 1. The van der Waals surface area contributed by atoms with Crippen molar-refractivity contribution in [2.45, 2.75) is 44.6 Å². The molecular formula is C22H33N5O2. The van der Waals surface area contributed by atoms with E-state index in [1.54, 1.807) is 0 Å². The van der Waals surface area contributed by atoms with Crippen molar-refractivity contribution in [1.29, 1.82) is 0 Å². The van der Waals surface area contributed by atoms with E-state index >= 15 is 0 Å². The van der Waals surface area contributed by atoms with E-state index in [0.29, 0.717) is 13.1 Å². The van der Waals surface area contributed by atoms with Gasteiger partial charge in [0.05, 0.1) is 17.1 Å². The third kappa shape index (κ3) is 5.70. The molecule has 0 saturated carbocycles. The zero-order valence-corrected chi connectivity index (χ0v) is 17.2. The molecule has 29 heavy (non-hydrogen) atoms. The fraction of sp³-hybridized carbons (Fsp3) is 0.636. The first-order chi connectivity index (χ1) is 14.3. The lowest BCUT2D eigenvalue weighted by Gasteiger charge is -2.31. The summed E-state index contributed by atoms with van der Waals surface area (Å²) in [6.45, 7) is 6.12. The molecule has 2 aliphatic rings. The molecule has 0 spiro atoms. The van der Waals surface area contributed by atoms with Crippen molar-refractivity contribution < 1.29 is 9.53 Å². The number of hydrogen-bond donors (Lipinski definition) is 2. The fourth-order valence-corrected chi connectivity index (χ4v) is 4.31. The molecule has 2 saturated heterocycles. The second kappa shape index (κ2) is 10.1. The summed E-state index contributed by atoms with van der Waals surface area (Å²) in [5.41, 5.74) is 2.06. The number of urea groups is 1. The van der Waals surface area contributed by atoms with Crippen LogP contribution >= 0.6 is 0 Å². The van der Waals surface area contributed by atoms with Gasteiger partial charge < -0.3 is 24.8 Å². The highest BCUT2D eigenvalue weighted by Crippen LogP contribution is 2.13. The van der Waals surface area contributed by atoms with E-state index in [-0.39, 0.29) is 12.1 Å². The van der Waals surface area contributed by atoms with Gasteiger partial charge in [-0.1, -0.05) is 18.6 Å². The number of nitrogens with zero attached hydrogens (tertiary/aromatic N) is 3. The summed E-state index contributed by atoms with van der Waals surface area (Å²) in [7, 11) is 0. The first-order valence-electron chi connectivity index (χ1n) is 11.1. The van der Waals surface area contributed by atoms with Gasteiger partial charge in [-0.15, -0.1) is 0 Å². The molecule has 7 nitrogen and oxygen atoms in total. The molecule has 1 aromatic carbocycles. The quantitative estimate of drug-likeness (QED) is 0.733. The Balaban J connectivity index is 1.20. The molecule has 158 valence electrons. The van der Waals surface area contributed by atoms with Crippen LogP contribution in [0.4, 0.5) is 4.79 Å². The zero-order chi connectivity index (χ0) is 19.9. The number of likely N-dealkylation sites (tertiary alicyclic amines) is 1. The maximum Gasteiger partial charge on any atom is 0.317 e. The van der Waals surface area contributed by atoms with Gasteiger partial charge in [-0.2, -0.15) is 0 Å². The predicted molar refractivity (Wildman–Crippen MR) is 114 cm³/mol. The van der Waals surface area contributed by atoms with E-state index in [4.69, 9.17) is 4.74 Å². The molecule has 1 atom stereocenters. The SMILES string of the molecule is O=C(NCCCc1nc2ccccc2[nH]1)N1CCCO[C@@H](CN2CCCCC2)C1. The van der Waals surface area contributed by atoms with Crippen LogP contribution in [0.3, 0.4) is 0 Å². The van der Waals surface area contributed by atoms with Gasteiger partial charge in [0.1, 0.15) is 5.82 Å². The summed E-state index contributed by atoms with van der Waals surface area (Å²) in [6.07, 6.45) is 6.62. The zero-order valence-electron chi connectivity index (χ0n) is 17.2. The number of nitrogens with one attached hydrogen (secondary N) is 2. The monoisotopic (exact) mass is 399 g/mol. The topological polar surface area (TPSA) is 73.5 Å². The van der Waals surface area contributed by atoms with Crippen molar-refractivity contribution in [2.75, 3.05) is 45.9 Å². The molecule has 2 aromatic rings. The van der Waals surface area contributed by atoms with Crippen LogP contribution in [0, 0.1) is 0 Å². The highest BCUT2D eigenvalue weighted by Gasteiger charge is 2.24. The Hall–Kier alpha value is -2.12. The maximum absolute atomic E-state index is 12.7. The van der Waals surface area contributed by atoms with Crippen molar-refractivity contribution >= 4 is 17.1 Å². The van der Waals surface area contributed by atoms with Crippen molar-refractivity contribution in [2.24, 2.45) is 0 Å². The molecule has 0 aliphatic carbocycles. The van der Waals surface area contributed by atoms with E-state index in [1.165, 1.54) is 19.3 Å². The highest BCUT2D eigenvalue weighted by atomic mass is 16.5. The Bertz CT molecular complexity index is 753. The average molecular weight is 400 g/mol. The highest BCUT2D eigenvalue weighted by molar-refractivity contribution is 5.75. The standard InChI is InChI=1S/C22H33N5O2/c28-22(23-11-6-10-21-24-19-8-2-3-9-20(19)25-21)27-14-7-15-29-18(17-27)16-26-12-4-1-5-13-26/h2-3,8-9,18H,1,4-7,10-17H2,(H,23,28)(H,24,25)/t18-/m0/s1. The number of fused-ring (bicyclic) bond motifs is 1. The fourth-order valence-electron chi connectivity index (χ4n) is 4.31. The van der Waals surface area contributed by atoms with E-state index < -0.39 is 0 Å². The van der Waals surface area contributed by atoms with Crippen molar-refractivity contribution in [3.8, 4) is 0 Å². The normalized spacial score (nSPS) is 21.2.